The first-order valence-corrected chi connectivity index (χ1v) is 15.3. The van der Waals surface area contributed by atoms with E-state index in [1.54, 1.807) is 0 Å². The Morgan fingerprint density at radius 1 is 0.694 bits per heavy atom. The lowest BCUT2D eigenvalue weighted by Crippen LogP contribution is -2.19. The predicted octanol–water partition coefficient (Wildman–Crippen LogP) is 9.96. The molecule has 4 nitrogen and oxygen atoms in total. The van der Waals surface area contributed by atoms with E-state index in [-0.39, 0.29) is 13.0 Å². The van der Waals surface area contributed by atoms with Crippen LogP contribution in [0.1, 0.15) is 155 Å². The smallest absolute Gasteiger partial charge is 0.307 e. The van der Waals surface area contributed by atoms with Gasteiger partial charge in [0, 0.05) is 0 Å². The number of hydrogen-bond donors (Lipinski definition) is 1. The Bertz CT molecular complexity index is 540. The van der Waals surface area contributed by atoms with Crippen LogP contribution in [0.2, 0.25) is 0 Å². The summed E-state index contributed by atoms with van der Waals surface area (Å²) in [7, 11) is 0. The highest BCUT2D eigenvalue weighted by molar-refractivity contribution is 5.78. The number of ether oxygens (including phenoxy) is 1. The van der Waals surface area contributed by atoms with E-state index in [0.29, 0.717) is 6.42 Å². The van der Waals surface area contributed by atoms with Gasteiger partial charge in [-0.3, -0.25) is 9.59 Å². The molecule has 36 heavy (non-hydrogen) atoms. The van der Waals surface area contributed by atoms with Crippen LogP contribution in [-0.2, 0) is 14.3 Å². The Morgan fingerprint density at radius 2 is 1.11 bits per heavy atom. The predicted molar refractivity (Wildman–Crippen MR) is 153 cm³/mol. The van der Waals surface area contributed by atoms with Crippen LogP contribution in [0.5, 0.6) is 0 Å². The van der Waals surface area contributed by atoms with Crippen molar-refractivity contribution < 1.29 is 19.4 Å². The lowest BCUT2D eigenvalue weighted by atomic mass is 9.97. The zero-order valence-corrected chi connectivity index (χ0v) is 23.7. The molecule has 210 valence electrons. The monoisotopic (exact) mass is 506 g/mol. The van der Waals surface area contributed by atoms with Gasteiger partial charge >= 0.3 is 11.9 Å². The normalized spacial score (nSPS) is 12.1. The molecule has 0 bridgehead atoms. The van der Waals surface area contributed by atoms with E-state index in [2.05, 4.69) is 25.7 Å². The van der Waals surface area contributed by atoms with E-state index >= 15 is 0 Å². The summed E-state index contributed by atoms with van der Waals surface area (Å²) in [4.78, 5) is 22.9. The summed E-state index contributed by atoms with van der Waals surface area (Å²) in [5, 5.41) is 9.29. The molecule has 0 aromatic carbocycles. The van der Waals surface area contributed by atoms with Crippen molar-refractivity contribution in [2.24, 2.45) is 5.92 Å². The molecule has 0 rings (SSSR count). The minimum Gasteiger partial charge on any atom is -0.481 e. The van der Waals surface area contributed by atoms with E-state index in [9.17, 15) is 14.7 Å². The first-order chi connectivity index (χ1) is 17.6. The molecule has 1 atom stereocenters. The lowest BCUT2D eigenvalue weighted by molar-refractivity contribution is -0.151. The Hall–Kier alpha value is -1.58. The van der Waals surface area contributed by atoms with E-state index in [1.807, 2.05) is 0 Å². The first kappa shape index (κ1) is 34.4. The summed E-state index contributed by atoms with van der Waals surface area (Å²) in [6, 6.07) is 0. The number of unbranched alkanes of at least 4 members (excludes halogenated alkanes) is 19. The highest BCUT2D eigenvalue weighted by Crippen LogP contribution is 2.17. The molecule has 0 aromatic rings. The fourth-order valence-corrected chi connectivity index (χ4v) is 4.60. The molecule has 0 aliphatic heterocycles. The molecule has 0 aliphatic carbocycles. The minimum atomic E-state index is -0.910. The molecule has 0 saturated carbocycles. The van der Waals surface area contributed by atoms with Gasteiger partial charge in [0.15, 0.2) is 0 Å². The maximum atomic E-state index is 11.6. The zero-order valence-electron chi connectivity index (χ0n) is 23.7. The van der Waals surface area contributed by atoms with Gasteiger partial charge in [-0.2, -0.15) is 0 Å². The third-order valence-electron chi connectivity index (χ3n) is 6.94. The Morgan fingerprint density at radius 3 is 1.53 bits per heavy atom. The molecule has 0 aromatic heterocycles. The van der Waals surface area contributed by atoms with Gasteiger partial charge in [-0.05, 0) is 32.1 Å². The number of carbonyl (C=O) groups excluding carboxylic acids is 1. The van der Waals surface area contributed by atoms with Crippen molar-refractivity contribution in [1.29, 1.82) is 0 Å². The van der Waals surface area contributed by atoms with E-state index in [1.165, 1.54) is 109 Å². The fraction of sp³-hybridized carbons (Fsp3) is 0.812. The van der Waals surface area contributed by atoms with Crippen molar-refractivity contribution in [3.63, 3.8) is 0 Å². The van der Waals surface area contributed by atoms with Crippen LogP contribution in [-0.4, -0.2) is 23.7 Å². The molecule has 0 amide bonds. The maximum Gasteiger partial charge on any atom is 0.307 e. The van der Waals surface area contributed by atoms with Gasteiger partial charge in [0.25, 0.3) is 0 Å². The second kappa shape index (κ2) is 28.0. The van der Waals surface area contributed by atoms with Gasteiger partial charge in [-0.1, -0.05) is 141 Å². The number of carbonyl (C=O) groups is 2. The number of rotatable bonds is 28. The molecule has 0 spiro atoms. The quantitative estimate of drug-likeness (QED) is 0.0651. The van der Waals surface area contributed by atoms with Crippen molar-refractivity contribution in [2.75, 3.05) is 6.61 Å². The number of allylic oxidation sites excluding steroid dienone is 2. The van der Waals surface area contributed by atoms with Gasteiger partial charge in [0.2, 0.25) is 0 Å². The van der Waals surface area contributed by atoms with E-state index < -0.39 is 17.9 Å². The highest BCUT2D eigenvalue weighted by atomic mass is 16.5. The molecule has 0 radical (unpaired) electrons. The second-order valence-electron chi connectivity index (χ2n) is 10.4. The first-order valence-electron chi connectivity index (χ1n) is 15.3. The number of hydrogen-bond acceptors (Lipinski definition) is 3. The molecule has 0 fully saturated rings. The third kappa shape index (κ3) is 25.5. The number of carboxylic acid groups (broad SMARTS) is 1. The molecule has 1 N–H and O–H groups in total. The highest BCUT2D eigenvalue weighted by Gasteiger charge is 2.21. The summed E-state index contributed by atoms with van der Waals surface area (Å²) < 4.78 is 4.90. The summed E-state index contributed by atoms with van der Waals surface area (Å²) >= 11 is 0. The standard InChI is InChI=1S/C32H58O4/c1-3-5-6-7-8-9-10-11-12-13-14-15-16-17-18-19-20-21-22-23-24-25-26-27-30(32(34)35)29-31(33)36-28-4-2/h4,20-21,30H,2-3,5-19,22-29H2,1H3,(H,34,35)/b21-20+. The summed E-state index contributed by atoms with van der Waals surface area (Å²) in [5.41, 5.74) is 0. The molecule has 0 aliphatic rings. The summed E-state index contributed by atoms with van der Waals surface area (Å²) in [5.74, 6) is -2.01. The maximum absolute atomic E-state index is 11.6. The largest absolute Gasteiger partial charge is 0.481 e. The van der Waals surface area contributed by atoms with Crippen LogP contribution < -0.4 is 0 Å². The van der Waals surface area contributed by atoms with Crippen molar-refractivity contribution in [1.82, 2.24) is 0 Å². The topological polar surface area (TPSA) is 63.6 Å². The molecule has 0 saturated heterocycles. The second-order valence-corrected chi connectivity index (χ2v) is 10.4. The minimum absolute atomic E-state index is 0.0504. The lowest BCUT2D eigenvalue weighted by Gasteiger charge is -2.11. The molecule has 4 heteroatoms. The van der Waals surface area contributed by atoms with E-state index in [0.717, 1.165) is 32.1 Å². The van der Waals surface area contributed by atoms with Crippen LogP contribution in [0.3, 0.4) is 0 Å². The average Bonchev–Trinajstić information content (AvgIpc) is 2.87. The van der Waals surface area contributed by atoms with Gasteiger partial charge in [-0.25, -0.2) is 0 Å². The van der Waals surface area contributed by atoms with Crippen LogP contribution in [0.25, 0.3) is 0 Å². The van der Waals surface area contributed by atoms with Gasteiger partial charge in [0.05, 0.1) is 12.3 Å². The average molecular weight is 507 g/mol. The zero-order chi connectivity index (χ0) is 26.5. The summed E-state index contributed by atoms with van der Waals surface area (Å²) in [6.45, 7) is 5.91. The van der Waals surface area contributed by atoms with Crippen molar-refractivity contribution in [3.05, 3.63) is 24.8 Å². The van der Waals surface area contributed by atoms with Gasteiger partial charge in [-0.15, -0.1) is 0 Å². The van der Waals surface area contributed by atoms with Crippen molar-refractivity contribution in [3.8, 4) is 0 Å². The Labute approximate surface area is 223 Å². The van der Waals surface area contributed by atoms with Crippen LogP contribution in [0.4, 0.5) is 0 Å². The molecular weight excluding hydrogens is 448 g/mol. The van der Waals surface area contributed by atoms with Gasteiger partial charge < -0.3 is 9.84 Å². The Balaban J connectivity index is 3.39. The molecule has 1 unspecified atom stereocenters. The van der Waals surface area contributed by atoms with Crippen LogP contribution in [0.15, 0.2) is 24.8 Å². The summed E-state index contributed by atoms with van der Waals surface area (Å²) in [6.07, 6.45) is 34.2. The van der Waals surface area contributed by atoms with E-state index in [4.69, 9.17) is 4.74 Å². The third-order valence-corrected chi connectivity index (χ3v) is 6.94. The number of aliphatic carboxylic acids is 1. The number of esters is 1. The van der Waals surface area contributed by atoms with Crippen molar-refractivity contribution >= 4 is 11.9 Å². The molecule has 0 heterocycles. The fourth-order valence-electron chi connectivity index (χ4n) is 4.60. The van der Waals surface area contributed by atoms with Crippen molar-refractivity contribution in [2.45, 2.75) is 155 Å². The van der Waals surface area contributed by atoms with Gasteiger partial charge in [0.1, 0.15) is 6.61 Å². The molecular formula is C32H58O4. The number of carboxylic acids is 1. The van der Waals surface area contributed by atoms with Crippen LogP contribution >= 0.6 is 0 Å². The Kier molecular flexibility index (Phi) is 26.8. The van der Waals surface area contributed by atoms with Crippen LogP contribution in [0, 0.1) is 5.92 Å². The SMILES string of the molecule is C=CCOC(=O)CC(CCCCCC/C=C/CCCCCCCCCCCCCCCCC)C(=O)O.